The lowest BCUT2D eigenvalue weighted by atomic mass is 10.1. The van der Waals surface area contributed by atoms with E-state index in [-0.39, 0.29) is 17.0 Å². The Kier molecular flexibility index (Phi) is 4.15. The molecule has 0 amide bonds. The summed E-state index contributed by atoms with van der Waals surface area (Å²) >= 11 is 0. The summed E-state index contributed by atoms with van der Waals surface area (Å²) < 4.78 is 28.9. The van der Waals surface area contributed by atoms with Crippen molar-refractivity contribution in [1.82, 2.24) is 9.29 Å². The number of hydrogen-bond acceptors (Lipinski definition) is 3. The van der Waals surface area contributed by atoms with Gasteiger partial charge in [-0.15, -0.1) is 0 Å². The van der Waals surface area contributed by atoms with Gasteiger partial charge in [-0.05, 0) is 36.8 Å². The van der Waals surface area contributed by atoms with Crippen LogP contribution in [0.1, 0.15) is 21.6 Å². The Morgan fingerprint density at radius 3 is 2.62 bits per heavy atom. The van der Waals surface area contributed by atoms with Gasteiger partial charge < -0.3 is 9.67 Å². The van der Waals surface area contributed by atoms with Gasteiger partial charge >= 0.3 is 5.97 Å². The Morgan fingerprint density at radius 1 is 1.33 bits per heavy atom. The zero-order valence-corrected chi connectivity index (χ0v) is 12.5. The fourth-order valence-corrected chi connectivity index (χ4v) is 3.22. The van der Waals surface area contributed by atoms with Crippen LogP contribution in [0.5, 0.6) is 0 Å². The maximum atomic E-state index is 12.3. The second-order valence-corrected chi connectivity index (χ2v) is 6.46. The van der Waals surface area contributed by atoms with E-state index in [0.717, 1.165) is 5.69 Å². The first-order valence-corrected chi connectivity index (χ1v) is 7.73. The summed E-state index contributed by atoms with van der Waals surface area (Å²) in [6, 6.07) is 7.67. The van der Waals surface area contributed by atoms with Crippen LogP contribution < -0.4 is 4.72 Å². The molecule has 2 rings (SSSR count). The van der Waals surface area contributed by atoms with Crippen LogP contribution in [-0.4, -0.2) is 24.1 Å². The number of carboxylic acids is 1. The molecule has 0 saturated heterocycles. The van der Waals surface area contributed by atoms with Crippen LogP contribution in [-0.2, 0) is 23.6 Å². The molecule has 0 saturated carbocycles. The molecule has 0 atom stereocenters. The monoisotopic (exact) mass is 308 g/mol. The van der Waals surface area contributed by atoms with Crippen molar-refractivity contribution in [2.75, 3.05) is 0 Å². The quantitative estimate of drug-likeness (QED) is 0.876. The largest absolute Gasteiger partial charge is 0.478 e. The highest BCUT2D eigenvalue weighted by molar-refractivity contribution is 7.89. The van der Waals surface area contributed by atoms with Crippen LogP contribution in [0.2, 0.25) is 0 Å². The van der Waals surface area contributed by atoms with Crippen molar-refractivity contribution in [3.8, 4) is 0 Å². The molecule has 1 heterocycles. The van der Waals surface area contributed by atoms with Crippen molar-refractivity contribution in [2.24, 2.45) is 7.05 Å². The number of hydrogen-bond donors (Lipinski definition) is 2. The van der Waals surface area contributed by atoms with Crippen molar-refractivity contribution < 1.29 is 18.3 Å². The first-order valence-electron chi connectivity index (χ1n) is 6.25. The third-order valence-corrected chi connectivity index (χ3v) is 4.76. The van der Waals surface area contributed by atoms with E-state index in [2.05, 4.69) is 4.72 Å². The number of aromatic nitrogens is 1. The smallest absolute Gasteiger partial charge is 0.335 e. The van der Waals surface area contributed by atoms with Gasteiger partial charge in [0.25, 0.3) is 0 Å². The third kappa shape index (κ3) is 3.32. The number of nitrogens with zero attached hydrogens (tertiary/aromatic N) is 1. The van der Waals surface area contributed by atoms with Gasteiger partial charge in [-0.2, -0.15) is 0 Å². The predicted molar refractivity (Wildman–Crippen MR) is 77.6 cm³/mol. The Labute approximate surface area is 123 Å². The SMILES string of the molecule is Cc1ccc(C(=O)O)cc1S(=O)(=O)NCc1cccn1C. The number of carboxylic acid groups (broad SMARTS) is 1. The average Bonchev–Trinajstić information content (AvgIpc) is 2.82. The lowest BCUT2D eigenvalue weighted by Gasteiger charge is -2.10. The first kappa shape index (κ1) is 15.3. The summed E-state index contributed by atoms with van der Waals surface area (Å²) in [6.45, 7) is 1.77. The highest BCUT2D eigenvalue weighted by Gasteiger charge is 2.19. The molecule has 2 N–H and O–H groups in total. The zero-order valence-electron chi connectivity index (χ0n) is 11.7. The van der Waals surface area contributed by atoms with Crippen molar-refractivity contribution >= 4 is 16.0 Å². The van der Waals surface area contributed by atoms with Crippen molar-refractivity contribution in [1.29, 1.82) is 0 Å². The molecule has 0 unspecified atom stereocenters. The fourth-order valence-electron chi connectivity index (χ4n) is 1.95. The third-order valence-electron chi connectivity index (χ3n) is 3.22. The lowest BCUT2D eigenvalue weighted by Crippen LogP contribution is -2.25. The minimum absolute atomic E-state index is 0.0170. The molecule has 7 heteroatoms. The van der Waals surface area contributed by atoms with Crippen LogP contribution in [0.3, 0.4) is 0 Å². The number of rotatable bonds is 5. The standard InChI is InChI=1S/C14H16N2O4S/c1-10-5-6-11(14(17)18)8-13(10)21(19,20)15-9-12-4-3-7-16(12)2/h3-8,15H,9H2,1-2H3,(H,17,18). The minimum atomic E-state index is -3.77. The summed E-state index contributed by atoms with van der Waals surface area (Å²) in [4.78, 5) is 10.9. The predicted octanol–water partition coefficient (Wildman–Crippen LogP) is 1.51. The molecule has 0 aliphatic rings. The number of nitrogens with one attached hydrogen (secondary N) is 1. The maximum absolute atomic E-state index is 12.3. The molecule has 0 bridgehead atoms. The highest BCUT2D eigenvalue weighted by Crippen LogP contribution is 2.17. The van der Waals surface area contributed by atoms with Crippen molar-refractivity contribution in [3.05, 3.63) is 53.3 Å². The molecule has 2 aromatic rings. The van der Waals surface area contributed by atoms with Crippen molar-refractivity contribution in [2.45, 2.75) is 18.4 Å². The second-order valence-electron chi connectivity index (χ2n) is 4.72. The van der Waals surface area contributed by atoms with Crippen LogP contribution in [0.25, 0.3) is 0 Å². The topological polar surface area (TPSA) is 88.4 Å². The first-order chi connectivity index (χ1) is 9.81. The van der Waals surface area contributed by atoms with Crippen LogP contribution >= 0.6 is 0 Å². The summed E-state index contributed by atoms with van der Waals surface area (Å²) in [7, 11) is -1.95. The van der Waals surface area contributed by atoms with Crippen LogP contribution in [0.15, 0.2) is 41.4 Å². The summed E-state index contributed by atoms with van der Waals surface area (Å²) in [5.41, 5.74) is 1.25. The van der Waals surface area contributed by atoms with Crippen LogP contribution in [0.4, 0.5) is 0 Å². The van der Waals surface area contributed by atoms with Gasteiger partial charge in [-0.1, -0.05) is 6.07 Å². The Hall–Kier alpha value is -2.12. The Morgan fingerprint density at radius 2 is 2.05 bits per heavy atom. The van der Waals surface area contributed by atoms with E-state index < -0.39 is 16.0 Å². The summed E-state index contributed by atoms with van der Waals surface area (Å²) in [5, 5.41) is 8.96. The maximum Gasteiger partial charge on any atom is 0.335 e. The molecule has 0 aliphatic carbocycles. The molecule has 21 heavy (non-hydrogen) atoms. The van der Waals surface area contributed by atoms with Crippen molar-refractivity contribution in [3.63, 3.8) is 0 Å². The Bertz CT molecular complexity index is 778. The van der Waals surface area contributed by atoms with E-state index >= 15 is 0 Å². The van der Waals surface area contributed by atoms with E-state index in [0.29, 0.717) is 5.56 Å². The van der Waals surface area contributed by atoms with Gasteiger partial charge in [0.15, 0.2) is 0 Å². The molecular formula is C14H16N2O4S. The number of aryl methyl sites for hydroxylation is 2. The molecule has 0 spiro atoms. The van der Waals surface area contributed by atoms with E-state index in [9.17, 15) is 13.2 Å². The van der Waals surface area contributed by atoms with Crippen LogP contribution in [0, 0.1) is 6.92 Å². The van der Waals surface area contributed by atoms with Gasteiger partial charge in [0.1, 0.15) is 0 Å². The van der Waals surface area contributed by atoms with E-state index in [1.165, 1.54) is 18.2 Å². The van der Waals surface area contributed by atoms with E-state index in [1.54, 1.807) is 6.92 Å². The number of aromatic carboxylic acids is 1. The summed E-state index contributed by atoms with van der Waals surface area (Å²) in [5.74, 6) is -1.16. The number of benzene rings is 1. The van der Waals surface area contributed by atoms with Gasteiger partial charge in [0.05, 0.1) is 17.0 Å². The van der Waals surface area contributed by atoms with Gasteiger partial charge in [-0.25, -0.2) is 17.9 Å². The average molecular weight is 308 g/mol. The normalized spacial score (nSPS) is 11.5. The zero-order chi connectivity index (χ0) is 15.6. The molecule has 112 valence electrons. The summed E-state index contributed by atoms with van der Waals surface area (Å²) in [6.07, 6.45) is 1.82. The molecule has 0 fully saturated rings. The molecule has 0 aliphatic heterocycles. The van der Waals surface area contributed by atoms with Gasteiger partial charge in [0, 0.05) is 18.9 Å². The van der Waals surface area contributed by atoms with Gasteiger partial charge in [0.2, 0.25) is 10.0 Å². The fraction of sp³-hybridized carbons (Fsp3) is 0.214. The second kappa shape index (κ2) is 5.71. The minimum Gasteiger partial charge on any atom is -0.478 e. The molecule has 1 aromatic carbocycles. The molecule has 1 aromatic heterocycles. The Balaban J connectivity index is 2.29. The van der Waals surface area contributed by atoms with E-state index in [4.69, 9.17) is 5.11 Å². The van der Waals surface area contributed by atoms with E-state index in [1.807, 2.05) is 29.9 Å². The number of sulfonamides is 1. The molecule has 0 radical (unpaired) electrons. The number of carbonyl (C=O) groups is 1. The lowest BCUT2D eigenvalue weighted by molar-refractivity contribution is 0.0696. The molecule has 6 nitrogen and oxygen atoms in total. The highest BCUT2D eigenvalue weighted by atomic mass is 32.2. The molecular weight excluding hydrogens is 292 g/mol. The van der Waals surface area contributed by atoms with Gasteiger partial charge in [-0.3, -0.25) is 0 Å².